The van der Waals surface area contributed by atoms with Crippen LogP contribution in [-0.2, 0) is 11.2 Å². The molecule has 6 heteroatoms. The number of carbonyl (C=O) groups excluding carboxylic acids is 1. The van der Waals surface area contributed by atoms with E-state index in [0.717, 1.165) is 57.0 Å². The van der Waals surface area contributed by atoms with Crippen molar-refractivity contribution in [3.8, 4) is 5.75 Å². The highest BCUT2D eigenvalue weighted by Crippen LogP contribution is 2.42. The molecule has 1 aromatic carbocycles. The number of ether oxygens (including phenoxy) is 2. The van der Waals surface area contributed by atoms with Gasteiger partial charge in [0.25, 0.3) is 0 Å². The van der Waals surface area contributed by atoms with Crippen molar-refractivity contribution in [3.05, 3.63) is 28.3 Å². The van der Waals surface area contributed by atoms with E-state index in [-0.39, 0.29) is 23.6 Å². The molecular formula is C17H23Cl2NO3. The van der Waals surface area contributed by atoms with Gasteiger partial charge in [-0.15, -0.1) is 12.4 Å². The number of benzene rings is 1. The number of fused-ring (bicyclic) bond motifs is 1. The first-order valence-electron chi connectivity index (χ1n) is 7.75. The van der Waals surface area contributed by atoms with E-state index in [4.69, 9.17) is 21.1 Å². The summed E-state index contributed by atoms with van der Waals surface area (Å²) < 4.78 is 10.8. The molecule has 23 heavy (non-hydrogen) atoms. The van der Waals surface area contributed by atoms with Crippen LogP contribution in [0.15, 0.2) is 12.1 Å². The SMILES string of the molecule is COc1ccc(Cl)c2c1CCC(C)(CN1CCOCC1)C2=O.Cl. The maximum absolute atomic E-state index is 13.1. The number of rotatable bonds is 3. The van der Waals surface area contributed by atoms with Crippen molar-refractivity contribution in [2.45, 2.75) is 19.8 Å². The van der Waals surface area contributed by atoms with Crippen molar-refractivity contribution < 1.29 is 14.3 Å². The summed E-state index contributed by atoms with van der Waals surface area (Å²) in [5.74, 6) is 0.908. The monoisotopic (exact) mass is 359 g/mol. The van der Waals surface area contributed by atoms with E-state index in [9.17, 15) is 4.79 Å². The lowest BCUT2D eigenvalue weighted by Gasteiger charge is -2.39. The number of carbonyl (C=O) groups is 1. The summed E-state index contributed by atoms with van der Waals surface area (Å²) in [5.41, 5.74) is 1.22. The van der Waals surface area contributed by atoms with Gasteiger partial charge in [-0.05, 0) is 25.0 Å². The van der Waals surface area contributed by atoms with Gasteiger partial charge in [-0.25, -0.2) is 0 Å². The van der Waals surface area contributed by atoms with E-state index in [0.29, 0.717) is 10.6 Å². The van der Waals surface area contributed by atoms with Crippen LogP contribution in [0.4, 0.5) is 0 Å². The smallest absolute Gasteiger partial charge is 0.171 e. The second-order valence-electron chi connectivity index (χ2n) is 6.38. The Hall–Kier alpha value is -0.810. The van der Waals surface area contributed by atoms with Gasteiger partial charge in [-0.3, -0.25) is 9.69 Å². The Kier molecular flexibility index (Phi) is 5.95. The van der Waals surface area contributed by atoms with Crippen molar-refractivity contribution in [2.24, 2.45) is 5.41 Å². The van der Waals surface area contributed by atoms with Gasteiger partial charge in [0.05, 0.1) is 25.3 Å². The van der Waals surface area contributed by atoms with Crippen LogP contribution in [0.2, 0.25) is 5.02 Å². The van der Waals surface area contributed by atoms with Gasteiger partial charge in [0.2, 0.25) is 0 Å². The fraction of sp³-hybridized carbons (Fsp3) is 0.588. The molecule has 0 bridgehead atoms. The van der Waals surface area contributed by atoms with Gasteiger partial charge in [-0.2, -0.15) is 0 Å². The molecule has 3 rings (SSSR count). The summed E-state index contributed by atoms with van der Waals surface area (Å²) in [6.07, 6.45) is 1.65. The quantitative estimate of drug-likeness (QED) is 0.830. The lowest BCUT2D eigenvalue weighted by Crippen LogP contribution is -2.47. The van der Waals surface area contributed by atoms with Crippen LogP contribution in [0.1, 0.15) is 29.3 Å². The van der Waals surface area contributed by atoms with E-state index in [2.05, 4.69) is 11.8 Å². The molecule has 0 saturated carbocycles. The summed E-state index contributed by atoms with van der Waals surface area (Å²) in [7, 11) is 1.63. The minimum atomic E-state index is -0.389. The van der Waals surface area contributed by atoms with Crippen LogP contribution >= 0.6 is 24.0 Å². The van der Waals surface area contributed by atoms with Crippen molar-refractivity contribution in [1.29, 1.82) is 0 Å². The Morgan fingerprint density at radius 1 is 1.35 bits per heavy atom. The molecule has 1 aliphatic heterocycles. The third kappa shape index (κ3) is 3.50. The molecule has 1 unspecified atom stereocenters. The molecule has 1 saturated heterocycles. The minimum Gasteiger partial charge on any atom is -0.496 e. The molecule has 1 fully saturated rings. The molecule has 0 aromatic heterocycles. The fourth-order valence-corrected chi connectivity index (χ4v) is 3.77. The first kappa shape index (κ1) is 18.5. The van der Waals surface area contributed by atoms with Gasteiger partial charge in [0, 0.05) is 36.2 Å². The number of hydrogen-bond acceptors (Lipinski definition) is 4. The van der Waals surface area contributed by atoms with Crippen molar-refractivity contribution in [1.82, 2.24) is 4.90 Å². The molecule has 128 valence electrons. The second kappa shape index (κ2) is 7.39. The standard InChI is InChI=1S/C17H22ClNO3.ClH/c1-17(11-19-7-9-22-10-8-19)6-5-12-14(21-2)4-3-13(18)15(12)16(17)20;/h3-4H,5-11H2,1-2H3;1H. The third-order valence-electron chi connectivity index (χ3n) is 4.82. The van der Waals surface area contributed by atoms with Gasteiger partial charge in [0.15, 0.2) is 5.78 Å². The van der Waals surface area contributed by atoms with Gasteiger partial charge in [0.1, 0.15) is 5.75 Å². The average molecular weight is 360 g/mol. The van der Waals surface area contributed by atoms with Gasteiger partial charge in [-0.1, -0.05) is 18.5 Å². The van der Waals surface area contributed by atoms with Crippen LogP contribution < -0.4 is 4.74 Å². The predicted molar refractivity (Wildman–Crippen MR) is 93.3 cm³/mol. The number of nitrogens with zero attached hydrogens (tertiary/aromatic N) is 1. The van der Waals surface area contributed by atoms with Crippen molar-refractivity contribution >= 4 is 29.8 Å². The molecule has 0 radical (unpaired) electrons. The zero-order chi connectivity index (χ0) is 15.7. The summed E-state index contributed by atoms with van der Waals surface area (Å²) in [6.45, 7) is 6.10. The van der Waals surface area contributed by atoms with E-state index >= 15 is 0 Å². The predicted octanol–water partition coefficient (Wildman–Crippen LogP) is 3.24. The number of hydrogen-bond donors (Lipinski definition) is 0. The zero-order valence-corrected chi connectivity index (χ0v) is 15.1. The highest BCUT2D eigenvalue weighted by molar-refractivity contribution is 6.34. The summed E-state index contributed by atoms with van der Waals surface area (Å²) in [5, 5.41) is 0.536. The van der Waals surface area contributed by atoms with Gasteiger partial charge < -0.3 is 9.47 Å². The summed E-state index contributed by atoms with van der Waals surface area (Å²) in [6, 6.07) is 3.61. The third-order valence-corrected chi connectivity index (χ3v) is 5.13. The molecular weight excluding hydrogens is 337 g/mol. The van der Waals surface area contributed by atoms with Crippen LogP contribution in [0.3, 0.4) is 0 Å². The molecule has 2 aliphatic rings. The van der Waals surface area contributed by atoms with Crippen LogP contribution in [0.5, 0.6) is 5.75 Å². The number of halogens is 2. The van der Waals surface area contributed by atoms with E-state index in [1.165, 1.54) is 0 Å². The molecule has 0 spiro atoms. The van der Waals surface area contributed by atoms with Gasteiger partial charge >= 0.3 is 0 Å². The van der Waals surface area contributed by atoms with E-state index in [1.54, 1.807) is 13.2 Å². The maximum Gasteiger partial charge on any atom is 0.171 e. The summed E-state index contributed by atoms with van der Waals surface area (Å²) in [4.78, 5) is 15.4. The fourth-order valence-electron chi connectivity index (χ4n) is 3.50. The van der Waals surface area contributed by atoms with Crippen LogP contribution in [-0.4, -0.2) is 50.6 Å². The Morgan fingerprint density at radius 3 is 2.70 bits per heavy atom. The number of ketones is 1. The Labute approximate surface area is 148 Å². The van der Waals surface area contributed by atoms with Crippen molar-refractivity contribution in [3.63, 3.8) is 0 Å². The Bertz CT molecular complexity index is 587. The lowest BCUT2D eigenvalue weighted by atomic mass is 9.71. The number of methoxy groups -OCH3 is 1. The molecule has 1 atom stereocenters. The highest BCUT2D eigenvalue weighted by atomic mass is 35.5. The first-order chi connectivity index (χ1) is 10.5. The highest BCUT2D eigenvalue weighted by Gasteiger charge is 2.41. The molecule has 0 N–H and O–H groups in total. The average Bonchev–Trinajstić information content (AvgIpc) is 2.52. The molecule has 1 aliphatic carbocycles. The normalized spacial score (nSPS) is 24.7. The number of Topliss-reactive ketones (excluding diaryl/α,β-unsaturated/α-hetero) is 1. The largest absolute Gasteiger partial charge is 0.496 e. The molecule has 4 nitrogen and oxygen atoms in total. The van der Waals surface area contributed by atoms with Crippen LogP contribution in [0, 0.1) is 5.41 Å². The lowest BCUT2D eigenvalue weighted by molar-refractivity contribution is 0.0168. The Balaban J connectivity index is 0.00000192. The number of morpholine rings is 1. The van der Waals surface area contributed by atoms with Crippen LogP contribution in [0.25, 0.3) is 0 Å². The van der Waals surface area contributed by atoms with E-state index < -0.39 is 0 Å². The molecule has 0 amide bonds. The second-order valence-corrected chi connectivity index (χ2v) is 6.79. The Morgan fingerprint density at radius 2 is 2.04 bits per heavy atom. The van der Waals surface area contributed by atoms with E-state index in [1.807, 2.05) is 6.07 Å². The van der Waals surface area contributed by atoms with Crippen molar-refractivity contribution in [2.75, 3.05) is 40.0 Å². The maximum atomic E-state index is 13.1. The zero-order valence-electron chi connectivity index (χ0n) is 13.6. The minimum absolute atomic E-state index is 0. The summed E-state index contributed by atoms with van der Waals surface area (Å²) >= 11 is 6.33. The topological polar surface area (TPSA) is 38.8 Å². The molecule has 1 aromatic rings. The molecule has 1 heterocycles. The first-order valence-corrected chi connectivity index (χ1v) is 8.13.